The number of benzene rings is 1. The Kier molecular flexibility index (Phi) is 5.65. The van der Waals surface area contributed by atoms with Crippen LogP contribution in [-0.2, 0) is 24.3 Å². The Bertz CT molecular complexity index is 589. The van der Waals surface area contributed by atoms with E-state index in [1.807, 2.05) is 6.07 Å². The van der Waals surface area contributed by atoms with Crippen LogP contribution in [0.2, 0.25) is 0 Å². The van der Waals surface area contributed by atoms with Gasteiger partial charge in [-0.05, 0) is 37.1 Å². The normalized spacial score (nSPS) is 11.2. The molecule has 1 heterocycles. The van der Waals surface area contributed by atoms with Crippen molar-refractivity contribution in [2.24, 2.45) is 0 Å². The van der Waals surface area contributed by atoms with E-state index in [-0.39, 0.29) is 0 Å². The van der Waals surface area contributed by atoms with Crippen molar-refractivity contribution in [3.63, 3.8) is 0 Å². The van der Waals surface area contributed by atoms with E-state index in [0.717, 1.165) is 47.4 Å². The summed E-state index contributed by atoms with van der Waals surface area (Å²) < 4.78 is 16.9. The summed E-state index contributed by atoms with van der Waals surface area (Å²) in [5, 5.41) is 4.49. The van der Waals surface area contributed by atoms with E-state index in [1.165, 1.54) is 5.56 Å². The zero-order valence-electron chi connectivity index (χ0n) is 13.4. The number of fused-ring (bicyclic) bond motifs is 1. The molecule has 1 aromatic heterocycles. The van der Waals surface area contributed by atoms with Crippen molar-refractivity contribution in [2.75, 3.05) is 20.8 Å². The second-order valence-electron chi connectivity index (χ2n) is 5.14. The molecule has 0 aliphatic heterocycles. The van der Waals surface area contributed by atoms with E-state index in [1.54, 1.807) is 14.2 Å². The van der Waals surface area contributed by atoms with Crippen LogP contribution >= 0.6 is 0 Å². The topological polar surface area (TPSA) is 43.6 Å². The summed E-state index contributed by atoms with van der Waals surface area (Å²) in [4.78, 5) is 0. The third-order valence-electron chi connectivity index (χ3n) is 3.63. The van der Waals surface area contributed by atoms with Gasteiger partial charge in [0.05, 0.1) is 20.3 Å². The Morgan fingerprint density at radius 2 is 2.00 bits per heavy atom. The van der Waals surface area contributed by atoms with Crippen molar-refractivity contribution < 1.29 is 13.9 Å². The van der Waals surface area contributed by atoms with Crippen LogP contribution in [0, 0.1) is 0 Å². The fraction of sp³-hybridized carbons (Fsp3) is 0.529. The van der Waals surface area contributed by atoms with E-state index < -0.39 is 0 Å². The lowest BCUT2D eigenvalue weighted by molar-refractivity contribution is 0.183. The average Bonchev–Trinajstić information content (AvgIpc) is 2.85. The van der Waals surface area contributed by atoms with Crippen LogP contribution in [0.5, 0.6) is 5.75 Å². The molecule has 0 saturated carbocycles. The highest BCUT2D eigenvalue weighted by Gasteiger charge is 2.18. The van der Waals surface area contributed by atoms with Crippen LogP contribution in [0.25, 0.3) is 11.0 Å². The number of rotatable bonds is 8. The second kappa shape index (κ2) is 7.48. The molecular formula is C17H25NO3. The van der Waals surface area contributed by atoms with Gasteiger partial charge in [-0.3, -0.25) is 0 Å². The van der Waals surface area contributed by atoms with Gasteiger partial charge in [-0.15, -0.1) is 0 Å². The van der Waals surface area contributed by atoms with Crippen LogP contribution in [0.15, 0.2) is 16.5 Å². The number of aryl methyl sites for hydroxylation is 1. The molecule has 0 aliphatic carbocycles. The Morgan fingerprint density at radius 1 is 1.19 bits per heavy atom. The van der Waals surface area contributed by atoms with E-state index >= 15 is 0 Å². The van der Waals surface area contributed by atoms with Gasteiger partial charge in [0.25, 0.3) is 0 Å². The van der Waals surface area contributed by atoms with Gasteiger partial charge < -0.3 is 19.2 Å². The first-order chi connectivity index (χ1) is 10.2. The van der Waals surface area contributed by atoms with Gasteiger partial charge in [0.1, 0.15) is 5.76 Å². The first kappa shape index (κ1) is 15.9. The van der Waals surface area contributed by atoms with Crippen LogP contribution in [0.4, 0.5) is 0 Å². The van der Waals surface area contributed by atoms with E-state index in [0.29, 0.717) is 13.2 Å². The lowest BCUT2D eigenvalue weighted by Gasteiger charge is -2.05. The van der Waals surface area contributed by atoms with Gasteiger partial charge >= 0.3 is 0 Å². The van der Waals surface area contributed by atoms with Gasteiger partial charge in [-0.1, -0.05) is 13.8 Å². The van der Waals surface area contributed by atoms with Gasteiger partial charge in [0.2, 0.25) is 0 Å². The zero-order valence-corrected chi connectivity index (χ0v) is 13.4. The Hall–Kier alpha value is -1.52. The lowest BCUT2D eigenvalue weighted by atomic mass is 10.1. The molecular weight excluding hydrogens is 266 g/mol. The molecule has 0 aliphatic rings. The molecule has 0 amide bonds. The smallest absolute Gasteiger partial charge is 0.176 e. The maximum atomic E-state index is 6.05. The summed E-state index contributed by atoms with van der Waals surface area (Å²) in [5.41, 5.74) is 3.17. The fourth-order valence-corrected chi connectivity index (χ4v) is 2.50. The minimum Gasteiger partial charge on any atom is -0.493 e. The first-order valence-corrected chi connectivity index (χ1v) is 7.55. The Balaban J connectivity index is 2.50. The van der Waals surface area contributed by atoms with E-state index in [2.05, 4.69) is 25.2 Å². The largest absolute Gasteiger partial charge is 0.493 e. The molecule has 0 atom stereocenters. The van der Waals surface area contributed by atoms with Crippen LogP contribution in [0.3, 0.4) is 0 Å². The van der Waals surface area contributed by atoms with Crippen molar-refractivity contribution in [1.82, 2.24) is 5.32 Å². The van der Waals surface area contributed by atoms with Crippen molar-refractivity contribution in [3.05, 3.63) is 29.0 Å². The number of hydrogen-bond donors (Lipinski definition) is 1. The monoisotopic (exact) mass is 291 g/mol. The highest BCUT2D eigenvalue weighted by atomic mass is 16.5. The highest BCUT2D eigenvalue weighted by molar-refractivity contribution is 5.88. The molecule has 1 N–H and O–H groups in total. The minimum atomic E-state index is 0.548. The van der Waals surface area contributed by atoms with Gasteiger partial charge in [-0.25, -0.2) is 0 Å². The number of ether oxygens (including phenoxy) is 2. The van der Waals surface area contributed by atoms with Gasteiger partial charge in [0.15, 0.2) is 11.3 Å². The summed E-state index contributed by atoms with van der Waals surface area (Å²) >= 11 is 0. The Labute approximate surface area is 126 Å². The van der Waals surface area contributed by atoms with Crippen LogP contribution in [-0.4, -0.2) is 20.8 Å². The Morgan fingerprint density at radius 3 is 2.62 bits per heavy atom. The van der Waals surface area contributed by atoms with Gasteiger partial charge in [-0.2, -0.15) is 0 Å². The SMILES string of the molecule is CCCNCc1oc2c(OC)cc(CC)cc2c1COC. The molecule has 4 heteroatoms. The third kappa shape index (κ3) is 3.39. The molecule has 2 rings (SSSR count). The molecule has 21 heavy (non-hydrogen) atoms. The first-order valence-electron chi connectivity index (χ1n) is 7.55. The minimum absolute atomic E-state index is 0.548. The summed E-state index contributed by atoms with van der Waals surface area (Å²) in [5.74, 6) is 1.73. The quantitative estimate of drug-likeness (QED) is 0.754. The second-order valence-corrected chi connectivity index (χ2v) is 5.14. The third-order valence-corrected chi connectivity index (χ3v) is 3.63. The van der Waals surface area contributed by atoms with Crippen molar-refractivity contribution in [1.29, 1.82) is 0 Å². The number of hydrogen-bond acceptors (Lipinski definition) is 4. The summed E-state index contributed by atoms with van der Waals surface area (Å²) in [6.45, 7) is 6.53. The highest BCUT2D eigenvalue weighted by Crippen LogP contribution is 2.34. The van der Waals surface area contributed by atoms with Crippen molar-refractivity contribution in [2.45, 2.75) is 39.8 Å². The molecule has 1 aromatic carbocycles. The maximum absolute atomic E-state index is 6.05. The number of furan rings is 1. The summed E-state index contributed by atoms with van der Waals surface area (Å²) in [6, 6.07) is 4.23. The summed E-state index contributed by atoms with van der Waals surface area (Å²) in [7, 11) is 3.39. The molecule has 0 bridgehead atoms. The predicted octanol–water partition coefficient (Wildman–Crippen LogP) is 3.65. The molecule has 0 fully saturated rings. The standard InChI is InChI=1S/C17H25NO3/c1-5-7-18-10-16-14(11-19-3)13-8-12(6-2)9-15(20-4)17(13)21-16/h8-9,18H,5-7,10-11H2,1-4H3. The molecule has 4 nitrogen and oxygen atoms in total. The fourth-order valence-electron chi connectivity index (χ4n) is 2.50. The number of nitrogens with one attached hydrogen (secondary N) is 1. The van der Waals surface area contributed by atoms with Crippen molar-refractivity contribution in [3.8, 4) is 5.75 Å². The summed E-state index contributed by atoms with van der Waals surface area (Å²) in [6.07, 6.45) is 2.07. The lowest BCUT2D eigenvalue weighted by Crippen LogP contribution is -2.14. The van der Waals surface area contributed by atoms with Crippen LogP contribution in [0.1, 0.15) is 37.2 Å². The van der Waals surface area contributed by atoms with E-state index in [4.69, 9.17) is 13.9 Å². The van der Waals surface area contributed by atoms with Crippen LogP contribution < -0.4 is 10.1 Å². The zero-order chi connectivity index (χ0) is 15.2. The molecule has 116 valence electrons. The molecule has 0 unspecified atom stereocenters. The number of methoxy groups -OCH3 is 2. The average molecular weight is 291 g/mol. The molecule has 0 radical (unpaired) electrons. The van der Waals surface area contributed by atoms with Gasteiger partial charge in [0, 0.05) is 18.1 Å². The molecule has 0 saturated heterocycles. The maximum Gasteiger partial charge on any atom is 0.176 e. The molecule has 0 spiro atoms. The predicted molar refractivity (Wildman–Crippen MR) is 84.9 cm³/mol. The van der Waals surface area contributed by atoms with Crippen molar-refractivity contribution >= 4 is 11.0 Å². The molecule has 2 aromatic rings. The van der Waals surface area contributed by atoms with E-state index in [9.17, 15) is 0 Å².